The van der Waals surface area contributed by atoms with Gasteiger partial charge in [-0.2, -0.15) is 0 Å². The Labute approximate surface area is 112 Å². The normalized spacial score (nSPS) is 12.2. The molecular weight excluding hydrogens is 278 g/mol. The van der Waals surface area contributed by atoms with E-state index in [1.54, 1.807) is 0 Å². The van der Waals surface area contributed by atoms with Gasteiger partial charge in [0.15, 0.2) is 0 Å². The number of unbranched alkanes of at least 4 members (excludes halogenated alkanes) is 1. The third-order valence-electron chi connectivity index (χ3n) is 2.79. The number of benzene rings is 1. The minimum atomic E-state index is 0.0178. The monoisotopic (exact) mass is 297 g/mol. The van der Waals surface area contributed by atoms with Gasteiger partial charge in [-0.1, -0.05) is 35.7 Å². The zero-order chi connectivity index (χ0) is 12.8. The van der Waals surface area contributed by atoms with Crippen molar-refractivity contribution in [2.75, 3.05) is 0 Å². The molecule has 0 bridgehead atoms. The quantitative estimate of drug-likeness (QED) is 0.872. The van der Waals surface area contributed by atoms with Crippen LogP contribution in [0, 0.1) is 6.92 Å². The molecule has 0 aliphatic carbocycles. The molecule has 0 saturated heterocycles. The van der Waals surface area contributed by atoms with Crippen LogP contribution >= 0.6 is 15.9 Å². The van der Waals surface area contributed by atoms with Gasteiger partial charge in [0.05, 0.1) is 0 Å². The molecule has 0 radical (unpaired) electrons. The molecule has 0 aliphatic heterocycles. The van der Waals surface area contributed by atoms with Crippen LogP contribution in [-0.2, 0) is 0 Å². The number of halogens is 1. The average molecular weight is 298 g/mol. The summed E-state index contributed by atoms with van der Waals surface area (Å²) in [5.74, 6) is 0.0178. The van der Waals surface area contributed by atoms with Crippen LogP contribution in [0.25, 0.3) is 0 Å². The second-order valence-corrected chi connectivity index (χ2v) is 5.34. The molecule has 1 atom stereocenters. The Kier molecular flexibility index (Phi) is 5.69. The van der Waals surface area contributed by atoms with Gasteiger partial charge in [-0.3, -0.25) is 4.79 Å². The first-order valence-electron chi connectivity index (χ1n) is 6.11. The maximum Gasteiger partial charge on any atom is 0.251 e. The Bertz CT molecular complexity index is 390. The first-order valence-corrected chi connectivity index (χ1v) is 6.91. The lowest BCUT2D eigenvalue weighted by Crippen LogP contribution is -2.32. The molecule has 1 unspecified atom stereocenters. The van der Waals surface area contributed by atoms with Crippen molar-refractivity contribution in [1.29, 1.82) is 0 Å². The summed E-state index contributed by atoms with van der Waals surface area (Å²) in [5.41, 5.74) is 1.81. The number of hydrogen-bond donors (Lipinski definition) is 1. The van der Waals surface area contributed by atoms with E-state index in [2.05, 4.69) is 35.1 Å². The second kappa shape index (κ2) is 6.80. The third kappa shape index (κ3) is 4.50. The molecule has 17 heavy (non-hydrogen) atoms. The molecular formula is C14H20BrNO. The summed E-state index contributed by atoms with van der Waals surface area (Å²) in [6, 6.07) is 5.91. The number of aryl methyl sites for hydroxylation is 1. The van der Waals surface area contributed by atoms with Crippen LogP contribution in [0.3, 0.4) is 0 Å². The van der Waals surface area contributed by atoms with Crippen LogP contribution in [0.5, 0.6) is 0 Å². The molecule has 0 spiro atoms. The number of nitrogens with one attached hydrogen (secondary N) is 1. The number of hydrogen-bond acceptors (Lipinski definition) is 1. The lowest BCUT2D eigenvalue weighted by atomic mass is 10.1. The molecule has 1 aromatic rings. The van der Waals surface area contributed by atoms with Crippen LogP contribution in [0.2, 0.25) is 0 Å². The Morgan fingerprint density at radius 3 is 2.76 bits per heavy atom. The Morgan fingerprint density at radius 1 is 1.47 bits per heavy atom. The van der Waals surface area contributed by atoms with Crippen LogP contribution < -0.4 is 5.32 Å². The van der Waals surface area contributed by atoms with Gasteiger partial charge in [0.25, 0.3) is 5.91 Å². The van der Waals surface area contributed by atoms with Gasteiger partial charge in [-0.25, -0.2) is 0 Å². The van der Waals surface area contributed by atoms with E-state index in [-0.39, 0.29) is 11.9 Å². The summed E-state index contributed by atoms with van der Waals surface area (Å²) in [6.45, 7) is 6.20. The summed E-state index contributed by atoms with van der Waals surface area (Å²) in [6.07, 6.45) is 3.36. The van der Waals surface area contributed by atoms with Crippen LogP contribution in [0.15, 0.2) is 22.7 Å². The molecule has 3 heteroatoms. The molecule has 1 aromatic carbocycles. The smallest absolute Gasteiger partial charge is 0.251 e. The predicted octanol–water partition coefficient (Wildman–Crippen LogP) is 4.07. The van der Waals surface area contributed by atoms with Crippen molar-refractivity contribution in [3.05, 3.63) is 33.8 Å². The average Bonchev–Trinajstić information content (AvgIpc) is 2.30. The Morgan fingerprint density at radius 2 is 2.18 bits per heavy atom. The zero-order valence-electron chi connectivity index (χ0n) is 10.7. The van der Waals surface area contributed by atoms with E-state index < -0.39 is 0 Å². The van der Waals surface area contributed by atoms with Crippen molar-refractivity contribution < 1.29 is 4.79 Å². The third-order valence-corrected chi connectivity index (χ3v) is 3.68. The molecule has 0 heterocycles. The maximum atomic E-state index is 12.0. The van der Waals surface area contributed by atoms with Gasteiger partial charge in [0, 0.05) is 16.1 Å². The van der Waals surface area contributed by atoms with E-state index in [0.29, 0.717) is 0 Å². The second-order valence-electron chi connectivity index (χ2n) is 4.48. The van der Waals surface area contributed by atoms with Crippen molar-refractivity contribution in [3.63, 3.8) is 0 Å². The number of amides is 1. The predicted molar refractivity (Wildman–Crippen MR) is 75.3 cm³/mol. The van der Waals surface area contributed by atoms with Gasteiger partial charge >= 0.3 is 0 Å². The first kappa shape index (κ1) is 14.2. The lowest BCUT2D eigenvalue weighted by Gasteiger charge is -2.13. The zero-order valence-corrected chi connectivity index (χ0v) is 12.3. The minimum Gasteiger partial charge on any atom is -0.350 e. The number of carbonyl (C=O) groups is 1. The van der Waals surface area contributed by atoms with E-state index in [1.165, 1.54) is 0 Å². The highest BCUT2D eigenvalue weighted by molar-refractivity contribution is 9.10. The van der Waals surface area contributed by atoms with Crippen molar-refractivity contribution in [1.82, 2.24) is 5.32 Å². The van der Waals surface area contributed by atoms with E-state index in [9.17, 15) is 4.79 Å². The van der Waals surface area contributed by atoms with Gasteiger partial charge in [-0.05, 0) is 44.0 Å². The van der Waals surface area contributed by atoms with Crippen LogP contribution in [0.1, 0.15) is 49.0 Å². The largest absolute Gasteiger partial charge is 0.350 e. The number of carbonyl (C=O) groups excluding carboxylic acids is 1. The highest BCUT2D eigenvalue weighted by Gasteiger charge is 2.10. The fourth-order valence-electron chi connectivity index (χ4n) is 1.68. The molecule has 0 saturated carbocycles. The topological polar surface area (TPSA) is 29.1 Å². The summed E-state index contributed by atoms with van der Waals surface area (Å²) in [5, 5.41) is 3.02. The number of rotatable bonds is 5. The van der Waals surface area contributed by atoms with Crippen molar-refractivity contribution in [3.8, 4) is 0 Å². The molecule has 0 aromatic heterocycles. The van der Waals surface area contributed by atoms with Gasteiger partial charge in [0.2, 0.25) is 0 Å². The lowest BCUT2D eigenvalue weighted by molar-refractivity contribution is 0.0938. The maximum absolute atomic E-state index is 12.0. The summed E-state index contributed by atoms with van der Waals surface area (Å²) < 4.78 is 1.04. The SMILES string of the molecule is CCCCC(C)NC(=O)c1ccc(Br)c(C)c1. The first-order chi connectivity index (χ1) is 8.04. The van der Waals surface area contributed by atoms with E-state index in [1.807, 2.05) is 25.1 Å². The standard InChI is InChI=1S/C14H20BrNO/c1-4-5-6-11(3)16-14(17)12-7-8-13(15)10(2)9-12/h7-9,11H,4-6H2,1-3H3,(H,16,17). The summed E-state index contributed by atoms with van der Waals surface area (Å²) in [7, 11) is 0. The fraction of sp³-hybridized carbons (Fsp3) is 0.500. The molecule has 1 rings (SSSR count). The van der Waals surface area contributed by atoms with Gasteiger partial charge in [0.1, 0.15) is 0 Å². The molecule has 0 aliphatic rings. The fourth-order valence-corrected chi connectivity index (χ4v) is 1.92. The highest BCUT2D eigenvalue weighted by Crippen LogP contribution is 2.17. The molecule has 2 nitrogen and oxygen atoms in total. The van der Waals surface area contributed by atoms with E-state index >= 15 is 0 Å². The Hall–Kier alpha value is -0.830. The molecule has 1 N–H and O–H groups in total. The van der Waals surface area contributed by atoms with Gasteiger partial charge in [-0.15, -0.1) is 0 Å². The van der Waals surface area contributed by atoms with Crippen molar-refractivity contribution in [2.45, 2.75) is 46.1 Å². The van der Waals surface area contributed by atoms with Crippen LogP contribution in [-0.4, -0.2) is 11.9 Å². The molecule has 0 fully saturated rings. The van der Waals surface area contributed by atoms with Crippen molar-refractivity contribution in [2.24, 2.45) is 0 Å². The van der Waals surface area contributed by atoms with Gasteiger partial charge < -0.3 is 5.32 Å². The van der Waals surface area contributed by atoms with E-state index in [0.717, 1.165) is 34.9 Å². The van der Waals surface area contributed by atoms with E-state index in [4.69, 9.17) is 0 Å². The molecule has 1 amide bonds. The van der Waals surface area contributed by atoms with Crippen LogP contribution in [0.4, 0.5) is 0 Å². The Balaban J connectivity index is 2.60. The summed E-state index contributed by atoms with van der Waals surface area (Å²) in [4.78, 5) is 12.0. The highest BCUT2D eigenvalue weighted by atomic mass is 79.9. The minimum absolute atomic E-state index is 0.0178. The summed E-state index contributed by atoms with van der Waals surface area (Å²) >= 11 is 3.43. The van der Waals surface area contributed by atoms with Crippen molar-refractivity contribution >= 4 is 21.8 Å². The molecule has 94 valence electrons.